The molecule has 4 amide bonds. The third-order valence-electron chi connectivity index (χ3n) is 2.72. The summed E-state index contributed by atoms with van der Waals surface area (Å²) in [6.45, 7) is 8.46. The highest BCUT2D eigenvalue weighted by molar-refractivity contribution is 5.97. The van der Waals surface area contributed by atoms with Gasteiger partial charge in [0, 0.05) is 18.6 Å². The van der Waals surface area contributed by atoms with Gasteiger partial charge in [-0.15, -0.1) is 0 Å². The lowest BCUT2D eigenvalue weighted by Crippen LogP contribution is -2.57. The minimum Gasteiger partial charge on any atom is -0.354 e. The molecule has 3 N–H and O–H groups in total. The van der Waals surface area contributed by atoms with Gasteiger partial charge < -0.3 is 10.6 Å². The van der Waals surface area contributed by atoms with Crippen LogP contribution in [0.4, 0.5) is 4.79 Å². The average molecular weight is 270 g/mol. The summed E-state index contributed by atoms with van der Waals surface area (Å²) in [5.41, 5.74) is -0.404. The zero-order valence-electron chi connectivity index (χ0n) is 11.9. The van der Waals surface area contributed by atoms with Gasteiger partial charge in [0.15, 0.2) is 0 Å². The van der Waals surface area contributed by atoms with Crippen molar-refractivity contribution in [3.05, 3.63) is 0 Å². The Kier molecular flexibility index (Phi) is 4.88. The van der Waals surface area contributed by atoms with Crippen LogP contribution in [0.1, 0.15) is 27.7 Å². The summed E-state index contributed by atoms with van der Waals surface area (Å²) in [5, 5.41) is 7.62. The van der Waals surface area contributed by atoms with Crippen LogP contribution in [0.3, 0.4) is 0 Å². The molecule has 1 atom stereocenters. The number of amides is 4. The number of rotatable bonds is 2. The summed E-state index contributed by atoms with van der Waals surface area (Å²) in [5.74, 6) is -0.513. The fraction of sp³-hybridized carbons (Fsp3) is 0.750. The standard InChI is InChI=1S/C12H22N4O3/c1-8(16-6-5-13-9(17)7-16)10(18)14-11(19)15-12(2,3)4/h8H,5-7H2,1-4H3,(H,13,17)(H2,14,15,18,19)/t8-/m0/s1. The largest absolute Gasteiger partial charge is 0.354 e. The van der Waals surface area contributed by atoms with E-state index in [1.807, 2.05) is 20.8 Å². The summed E-state index contributed by atoms with van der Waals surface area (Å²) < 4.78 is 0. The maximum atomic E-state index is 11.9. The van der Waals surface area contributed by atoms with Crippen LogP contribution in [0, 0.1) is 0 Å². The Labute approximate surface area is 113 Å². The number of imide groups is 1. The Morgan fingerprint density at radius 3 is 2.53 bits per heavy atom. The van der Waals surface area contributed by atoms with Gasteiger partial charge in [-0.25, -0.2) is 4.79 Å². The maximum absolute atomic E-state index is 11.9. The molecule has 7 nitrogen and oxygen atoms in total. The Hall–Kier alpha value is -1.63. The van der Waals surface area contributed by atoms with Crippen LogP contribution in [0.15, 0.2) is 0 Å². The molecule has 1 rings (SSSR count). The van der Waals surface area contributed by atoms with Crippen molar-refractivity contribution in [1.29, 1.82) is 0 Å². The van der Waals surface area contributed by atoms with Crippen LogP contribution in [0.25, 0.3) is 0 Å². The van der Waals surface area contributed by atoms with Gasteiger partial charge in [-0.2, -0.15) is 0 Å². The molecule has 0 radical (unpaired) electrons. The highest BCUT2D eigenvalue weighted by Crippen LogP contribution is 2.02. The van der Waals surface area contributed by atoms with Crippen molar-refractivity contribution >= 4 is 17.8 Å². The summed E-state index contributed by atoms with van der Waals surface area (Å²) >= 11 is 0. The van der Waals surface area contributed by atoms with E-state index in [1.54, 1.807) is 11.8 Å². The van der Waals surface area contributed by atoms with Crippen molar-refractivity contribution < 1.29 is 14.4 Å². The first-order valence-electron chi connectivity index (χ1n) is 6.33. The molecule has 1 fully saturated rings. The van der Waals surface area contributed by atoms with E-state index in [0.29, 0.717) is 13.1 Å². The summed E-state index contributed by atoms with van der Waals surface area (Å²) in [4.78, 5) is 36.5. The number of hydrogen-bond donors (Lipinski definition) is 3. The molecule has 108 valence electrons. The lowest BCUT2D eigenvalue weighted by molar-refractivity contribution is -0.129. The van der Waals surface area contributed by atoms with Gasteiger partial charge in [-0.3, -0.25) is 19.8 Å². The van der Waals surface area contributed by atoms with E-state index >= 15 is 0 Å². The number of nitrogens with zero attached hydrogens (tertiary/aromatic N) is 1. The molecule has 0 aromatic rings. The zero-order chi connectivity index (χ0) is 14.6. The first kappa shape index (κ1) is 15.4. The van der Waals surface area contributed by atoms with E-state index in [2.05, 4.69) is 16.0 Å². The summed E-state index contributed by atoms with van der Waals surface area (Å²) in [6.07, 6.45) is 0. The smallest absolute Gasteiger partial charge is 0.321 e. The van der Waals surface area contributed by atoms with Crippen molar-refractivity contribution in [2.75, 3.05) is 19.6 Å². The molecule has 19 heavy (non-hydrogen) atoms. The van der Waals surface area contributed by atoms with Gasteiger partial charge in [-0.05, 0) is 27.7 Å². The number of nitrogens with one attached hydrogen (secondary N) is 3. The van der Waals surface area contributed by atoms with Gasteiger partial charge in [0.25, 0.3) is 0 Å². The second-order valence-corrected chi connectivity index (χ2v) is 5.69. The van der Waals surface area contributed by atoms with Crippen molar-refractivity contribution in [1.82, 2.24) is 20.9 Å². The predicted octanol–water partition coefficient (Wildman–Crippen LogP) is -0.569. The maximum Gasteiger partial charge on any atom is 0.321 e. The normalized spacial score (nSPS) is 18.4. The van der Waals surface area contributed by atoms with Crippen LogP contribution < -0.4 is 16.0 Å². The molecular weight excluding hydrogens is 248 g/mol. The Bertz CT molecular complexity index is 376. The number of carbonyl (C=O) groups is 3. The highest BCUT2D eigenvalue weighted by atomic mass is 16.2. The Morgan fingerprint density at radius 1 is 1.37 bits per heavy atom. The van der Waals surface area contributed by atoms with Gasteiger partial charge in [0.2, 0.25) is 11.8 Å². The molecule has 7 heteroatoms. The van der Waals surface area contributed by atoms with Gasteiger partial charge in [0.1, 0.15) is 0 Å². The van der Waals surface area contributed by atoms with E-state index in [4.69, 9.17) is 0 Å². The molecule has 0 saturated carbocycles. The molecule has 1 aliphatic heterocycles. The van der Waals surface area contributed by atoms with Gasteiger partial charge in [-0.1, -0.05) is 0 Å². The van der Waals surface area contributed by atoms with Crippen molar-refractivity contribution in [3.63, 3.8) is 0 Å². The minimum absolute atomic E-state index is 0.106. The quantitative estimate of drug-likeness (QED) is 0.627. The van der Waals surface area contributed by atoms with E-state index in [1.165, 1.54) is 0 Å². The van der Waals surface area contributed by atoms with Crippen LogP contribution in [0.5, 0.6) is 0 Å². The fourth-order valence-corrected chi connectivity index (χ4v) is 1.74. The Balaban J connectivity index is 2.48. The molecule has 0 aliphatic carbocycles. The van der Waals surface area contributed by atoms with Crippen molar-refractivity contribution in [2.24, 2.45) is 0 Å². The Morgan fingerprint density at radius 2 is 2.00 bits per heavy atom. The average Bonchev–Trinajstić information content (AvgIpc) is 2.25. The first-order valence-corrected chi connectivity index (χ1v) is 6.33. The predicted molar refractivity (Wildman–Crippen MR) is 70.5 cm³/mol. The molecule has 0 aromatic carbocycles. The number of piperazine rings is 1. The molecular formula is C12H22N4O3. The van der Waals surface area contributed by atoms with E-state index < -0.39 is 23.5 Å². The molecule has 0 unspecified atom stereocenters. The number of hydrogen-bond acceptors (Lipinski definition) is 4. The highest BCUT2D eigenvalue weighted by Gasteiger charge is 2.27. The van der Waals surface area contributed by atoms with Gasteiger partial charge >= 0.3 is 6.03 Å². The molecule has 1 saturated heterocycles. The van der Waals surface area contributed by atoms with E-state index in [9.17, 15) is 14.4 Å². The van der Waals surface area contributed by atoms with Crippen molar-refractivity contribution in [2.45, 2.75) is 39.3 Å². The zero-order valence-corrected chi connectivity index (χ0v) is 11.9. The summed E-state index contributed by atoms with van der Waals surface area (Å²) in [6, 6.07) is -1.04. The molecule has 1 aliphatic rings. The van der Waals surface area contributed by atoms with Crippen LogP contribution in [0.2, 0.25) is 0 Å². The van der Waals surface area contributed by atoms with Gasteiger partial charge in [0.05, 0.1) is 12.6 Å². The van der Waals surface area contributed by atoms with E-state index in [-0.39, 0.29) is 12.5 Å². The molecule has 0 aromatic heterocycles. The first-order chi connectivity index (χ1) is 8.69. The third kappa shape index (κ3) is 5.25. The monoisotopic (exact) mass is 270 g/mol. The molecule has 0 bridgehead atoms. The lowest BCUT2D eigenvalue weighted by Gasteiger charge is -2.31. The van der Waals surface area contributed by atoms with Crippen LogP contribution >= 0.6 is 0 Å². The van der Waals surface area contributed by atoms with Crippen LogP contribution in [-0.2, 0) is 9.59 Å². The lowest BCUT2D eigenvalue weighted by atomic mass is 10.1. The van der Waals surface area contributed by atoms with Crippen molar-refractivity contribution in [3.8, 4) is 0 Å². The van der Waals surface area contributed by atoms with Crippen LogP contribution in [-0.4, -0.2) is 54.0 Å². The third-order valence-corrected chi connectivity index (χ3v) is 2.72. The second kappa shape index (κ2) is 6.01. The number of carbonyl (C=O) groups excluding carboxylic acids is 3. The fourth-order valence-electron chi connectivity index (χ4n) is 1.74. The summed E-state index contributed by atoms with van der Waals surface area (Å²) in [7, 11) is 0. The molecule has 0 spiro atoms. The molecule has 1 heterocycles. The SMILES string of the molecule is C[C@@H](C(=O)NC(=O)NC(C)(C)C)N1CCNC(=O)C1. The number of urea groups is 1. The topological polar surface area (TPSA) is 90.5 Å². The second-order valence-electron chi connectivity index (χ2n) is 5.69. The minimum atomic E-state index is -0.522. The van der Waals surface area contributed by atoms with E-state index in [0.717, 1.165) is 0 Å².